The Morgan fingerprint density at radius 1 is 0.579 bits per heavy atom. The van der Waals surface area contributed by atoms with Crippen LogP contribution in [0.1, 0.15) is 85.0 Å². The SMILES string of the molecule is CCC(=O)CCCS(=O)(=O)CC(=O)CCC(F)(F)C(F)(F)F.CCCC(=O)CS(=O)(=O)CCCC(=O)CC. The van der Waals surface area contributed by atoms with E-state index in [1.807, 2.05) is 6.92 Å². The van der Waals surface area contributed by atoms with Crippen LogP contribution in [0.3, 0.4) is 0 Å². The van der Waals surface area contributed by atoms with Gasteiger partial charge in [0.25, 0.3) is 0 Å². The molecule has 0 saturated heterocycles. The predicted octanol–water partition coefficient (Wildman–Crippen LogP) is 4.24. The van der Waals surface area contributed by atoms with E-state index in [-0.39, 0.29) is 54.5 Å². The number of sulfone groups is 2. The first-order valence-electron chi connectivity index (χ1n) is 12.1. The summed E-state index contributed by atoms with van der Waals surface area (Å²) in [4.78, 5) is 44.3. The maximum atomic E-state index is 12.6. The van der Waals surface area contributed by atoms with Crippen molar-refractivity contribution in [2.75, 3.05) is 23.0 Å². The van der Waals surface area contributed by atoms with Gasteiger partial charge >= 0.3 is 12.1 Å². The predicted molar refractivity (Wildman–Crippen MR) is 132 cm³/mol. The summed E-state index contributed by atoms with van der Waals surface area (Å²) in [6.45, 7) is 5.19. The molecule has 0 rings (SSSR count). The monoisotopic (exact) mass is 600 g/mol. The Balaban J connectivity index is 0. The molecule has 0 aliphatic rings. The molecule has 15 heteroatoms. The van der Waals surface area contributed by atoms with Gasteiger partial charge in [-0.3, -0.25) is 19.2 Å². The highest BCUT2D eigenvalue weighted by molar-refractivity contribution is 7.92. The number of alkyl halides is 5. The topological polar surface area (TPSA) is 137 Å². The van der Waals surface area contributed by atoms with Gasteiger partial charge in [-0.2, -0.15) is 22.0 Å². The van der Waals surface area contributed by atoms with Crippen LogP contribution in [-0.4, -0.2) is 75.1 Å². The molecule has 0 atom stereocenters. The zero-order valence-electron chi connectivity index (χ0n) is 21.9. The van der Waals surface area contributed by atoms with E-state index in [0.717, 1.165) is 0 Å². The van der Waals surface area contributed by atoms with Crippen molar-refractivity contribution in [3.63, 3.8) is 0 Å². The Morgan fingerprint density at radius 2 is 0.947 bits per heavy atom. The molecule has 0 bridgehead atoms. The molecular weight excluding hydrogens is 563 g/mol. The fourth-order valence-electron chi connectivity index (χ4n) is 2.83. The van der Waals surface area contributed by atoms with Crippen molar-refractivity contribution >= 4 is 42.8 Å². The molecule has 0 spiro atoms. The van der Waals surface area contributed by atoms with Crippen LogP contribution in [0.2, 0.25) is 0 Å². The molecule has 0 heterocycles. The van der Waals surface area contributed by atoms with Crippen LogP contribution in [0.25, 0.3) is 0 Å². The highest BCUT2D eigenvalue weighted by Crippen LogP contribution is 2.38. The molecule has 0 aliphatic heterocycles. The molecule has 8 nitrogen and oxygen atoms in total. The van der Waals surface area contributed by atoms with Gasteiger partial charge in [-0.25, -0.2) is 16.8 Å². The maximum Gasteiger partial charge on any atom is 0.453 e. The van der Waals surface area contributed by atoms with Crippen molar-refractivity contribution in [3.05, 3.63) is 0 Å². The van der Waals surface area contributed by atoms with E-state index in [1.54, 1.807) is 13.8 Å². The summed E-state index contributed by atoms with van der Waals surface area (Å²) in [5.74, 6) is -8.58. The number of ketones is 4. The van der Waals surface area contributed by atoms with Crippen LogP contribution < -0.4 is 0 Å². The maximum absolute atomic E-state index is 12.6. The minimum absolute atomic E-state index is 0.00999. The average molecular weight is 601 g/mol. The lowest BCUT2D eigenvalue weighted by atomic mass is 10.1. The average Bonchev–Trinajstić information content (AvgIpc) is 2.76. The lowest BCUT2D eigenvalue weighted by Crippen LogP contribution is -2.37. The summed E-state index contributed by atoms with van der Waals surface area (Å²) < 4.78 is 107. The van der Waals surface area contributed by atoms with Crippen LogP contribution in [-0.2, 0) is 38.9 Å². The van der Waals surface area contributed by atoms with Crippen LogP contribution in [0.15, 0.2) is 0 Å². The van der Waals surface area contributed by atoms with Gasteiger partial charge in [0.15, 0.2) is 19.7 Å². The summed E-state index contributed by atoms with van der Waals surface area (Å²) in [6.07, 6.45) is -6.45. The van der Waals surface area contributed by atoms with Crippen molar-refractivity contribution in [1.82, 2.24) is 0 Å². The van der Waals surface area contributed by atoms with Gasteiger partial charge in [0.05, 0.1) is 11.5 Å². The third kappa shape index (κ3) is 19.3. The van der Waals surface area contributed by atoms with E-state index < -0.39 is 61.9 Å². The number of Topliss-reactive ketones (excluding diaryl/α,β-unsaturated/α-hetero) is 4. The van der Waals surface area contributed by atoms with E-state index >= 15 is 0 Å². The molecule has 0 aromatic rings. The first kappa shape index (κ1) is 38.4. The lowest BCUT2D eigenvalue weighted by molar-refractivity contribution is -0.284. The van der Waals surface area contributed by atoms with E-state index in [1.165, 1.54) is 0 Å². The second kappa shape index (κ2) is 17.7. The number of hydrogen-bond acceptors (Lipinski definition) is 8. The molecule has 0 amide bonds. The second-order valence-corrected chi connectivity index (χ2v) is 13.1. The molecule has 0 radical (unpaired) electrons. The Hall–Kier alpha value is -1.77. The van der Waals surface area contributed by atoms with Gasteiger partial charge < -0.3 is 0 Å². The fourth-order valence-corrected chi connectivity index (χ4v) is 5.56. The first-order valence-corrected chi connectivity index (χ1v) is 15.8. The van der Waals surface area contributed by atoms with Gasteiger partial charge in [-0.05, 0) is 19.3 Å². The number of hydrogen-bond donors (Lipinski definition) is 0. The highest BCUT2D eigenvalue weighted by atomic mass is 32.2. The van der Waals surface area contributed by atoms with Gasteiger partial charge in [0.2, 0.25) is 0 Å². The normalized spacial score (nSPS) is 12.4. The summed E-state index contributed by atoms with van der Waals surface area (Å²) in [5, 5.41) is 0. The third-order valence-electron chi connectivity index (χ3n) is 5.03. The van der Waals surface area contributed by atoms with Crippen molar-refractivity contribution < 1.29 is 58.0 Å². The molecule has 0 N–H and O–H groups in total. The van der Waals surface area contributed by atoms with Crippen molar-refractivity contribution in [2.45, 2.75) is 97.1 Å². The van der Waals surface area contributed by atoms with E-state index in [4.69, 9.17) is 0 Å². The molecule has 224 valence electrons. The van der Waals surface area contributed by atoms with Gasteiger partial charge in [0, 0.05) is 44.9 Å². The molecular formula is C23H37F5O8S2. The Bertz CT molecular complexity index is 988. The molecule has 0 unspecified atom stereocenters. The molecule has 0 aromatic carbocycles. The molecule has 0 aromatic heterocycles. The first-order chi connectivity index (χ1) is 17.2. The minimum atomic E-state index is -5.77. The smallest absolute Gasteiger partial charge is 0.300 e. The van der Waals surface area contributed by atoms with Crippen LogP contribution in [0.5, 0.6) is 0 Å². The Morgan fingerprint density at radius 3 is 1.26 bits per heavy atom. The number of carbonyl (C=O) groups is 4. The zero-order valence-corrected chi connectivity index (χ0v) is 23.5. The molecule has 0 aliphatic carbocycles. The standard InChI is InChI=1S/C12H17F5O4S.C11H20O4S/c1-2-9(18)4-3-7-22(20,21)8-10(19)5-6-11(13,14)12(15,16)17;1-3-6-11(13)9-16(14,15)8-5-7-10(12)4-2/h2-8H2,1H3;3-9H2,1-2H3. The molecule has 0 saturated carbocycles. The summed E-state index contributed by atoms with van der Waals surface area (Å²) in [6, 6.07) is 0. The van der Waals surface area contributed by atoms with Crippen LogP contribution in [0, 0.1) is 0 Å². The molecule has 38 heavy (non-hydrogen) atoms. The number of carbonyl (C=O) groups excluding carboxylic acids is 4. The number of rotatable bonds is 19. The zero-order chi connectivity index (χ0) is 30.2. The van der Waals surface area contributed by atoms with Gasteiger partial charge in [-0.15, -0.1) is 0 Å². The van der Waals surface area contributed by atoms with Crippen molar-refractivity contribution in [3.8, 4) is 0 Å². The Labute approximate surface area is 220 Å². The van der Waals surface area contributed by atoms with E-state index in [2.05, 4.69) is 0 Å². The second-order valence-electron chi connectivity index (χ2n) is 8.71. The van der Waals surface area contributed by atoms with Crippen molar-refractivity contribution in [2.24, 2.45) is 0 Å². The van der Waals surface area contributed by atoms with E-state index in [0.29, 0.717) is 25.7 Å². The quantitative estimate of drug-likeness (QED) is 0.201. The lowest BCUT2D eigenvalue weighted by Gasteiger charge is -2.18. The largest absolute Gasteiger partial charge is 0.453 e. The van der Waals surface area contributed by atoms with E-state index in [9.17, 15) is 58.0 Å². The number of halogens is 5. The van der Waals surface area contributed by atoms with Gasteiger partial charge in [-0.1, -0.05) is 20.8 Å². The summed E-state index contributed by atoms with van der Waals surface area (Å²) in [7, 11) is -7.22. The van der Waals surface area contributed by atoms with Crippen molar-refractivity contribution in [1.29, 1.82) is 0 Å². The summed E-state index contributed by atoms with van der Waals surface area (Å²) in [5.41, 5.74) is 0. The fraction of sp³-hybridized carbons (Fsp3) is 0.826. The van der Waals surface area contributed by atoms with Gasteiger partial charge in [0.1, 0.15) is 34.6 Å². The van der Waals surface area contributed by atoms with Crippen LogP contribution >= 0.6 is 0 Å². The minimum Gasteiger partial charge on any atom is -0.300 e. The third-order valence-corrected chi connectivity index (χ3v) is 8.38. The Kier molecular flexibility index (Phi) is 17.9. The summed E-state index contributed by atoms with van der Waals surface area (Å²) >= 11 is 0. The highest BCUT2D eigenvalue weighted by Gasteiger charge is 2.56. The molecule has 0 fully saturated rings. The van der Waals surface area contributed by atoms with Crippen LogP contribution in [0.4, 0.5) is 22.0 Å².